The predicted molar refractivity (Wildman–Crippen MR) is 78.4 cm³/mol. The first-order valence-electron chi connectivity index (χ1n) is 7.21. The average molecular weight is 285 g/mol. The van der Waals surface area contributed by atoms with Crippen LogP contribution in [0.1, 0.15) is 42.5 Å². The Labute approximate surface area is 120 Å². The number of rotatable bonds is 9. The predicted octanol–water partition coefficient (Wildman–Crippen LogP) is 4.02. The molecule has 0 aliphatic carbocycles. The van der Waals surface area contributed by atoms with Crippen LogP contribution in [0.15, 0.2) is 18.2 Å². The van der Waals surface area contributed by atoms with Gasteiger partial charge in [-0.2, -0.15) is 0 Å². The van der Waals surface area contributed by atoms with Crippen molar-refractivity contribution >= 4 is 0 Å². The summed E-state index contributed by atoms with van der Waals surface area (Å²) >= 11 is 0. The Morgan fingerprint density at radius 3 is 2.65 bits per heavy atom. The van der Waals surface area contributed by atoms with Crippen molar-refractivity contribution in [2.75, 3.05) is 19.8 Å². The molecule has 4 heteroatoms. The molecule has 1 atom stereocenters. The highest BCUT2D eigenvalue weighted by atomic mass is 19.3. The normalized spacial score (nSPS) is 12.9. The van der Waals surface area contributed by atoms with Crippen LogP contribution in [0.3, 0.4) is 0 Å². The fourth-order valence-corrected chi connectivity index (χ4v) is 2.20. The van der Waals surface area contributed by atoms with E-state index in [1.54, 1.807) is 0 Å². The lowest BCUT2D eigenvalue weighted by Crippen LogP contribution is -2.24. The second-order valence-electron chi connectivity index (χ2n) is 5.12. The number of ether oxygens (including phenoxy) is 1. The van der Waals surface area contributed by atoms with Crippen LogP contribution < -0.4 is 5.32 Å². The third-order valence-corrected chi connectivity index (χ3v) is 3.25. The van der Waals surface area contributed by atoms with Gasteiger partial charge in [-0.1, -0.05) is 30.7 Å². The summed E-state index contributed by atoms with van der Waals surface area (Å²) in [5, 5.41) is 3.47. The van der Waals surface area contributed by atoms with Crippen LogP contribution in [0.4, 0.5) is 8.78 Å². The molecule has 0 radical (unpaired) electrons. The summed E-state index contributed by atoms with van der Waals surface area (Å²) in [7, 11) is 0. The number of nitrogens with one attached hydrogen (secondary N) is 1. The lowest BCUT2D eigenvalue weighted by molar-refractivity contribution is 0.0143. The molecule has 0 aromatic heterocycles. The molecule has 20 heavy (non-hydrogen) atoms. The molecule has 0 saturated heterocycles. The minimum absolute atomic E-state index is 0.160. The highest BCUT2D eigenvalue weighted by Crippen LogP contribution is 2.22. The summed E-state index contributed by atoms with van der Waals surface area (Å²) in [4.78, 5) is 0. The molecule has 0 amide bonds. The Hall–Kier alpha value is -1.00. The van der Waals surface area contributed by atoms with E-state index in [1.165, 1.54) is 16.7 Å². The van der Waals surface area contributed by atoms with Gasteiger partial charge in [-0.05, 0) is 44.4 Å². The molecule has 1 aromatic rings. The lowest BCUT2D eigenvalue weighted by atomic mass is 9.97. The quantitative estimate of drug-likeness (QED) is 0.692. The Morgan fingerprint density at radius 2 is 2.00 bits per heavy atom. The maximum atomic E-state index is 12.1. The molecule has 2 nitrogen and oxygen atoms in total. The number of hydrogen-bond donors (Lipinski definition) is 1. The van der Waals surface area contributed by atoms with Crippen molar-refractivity contribution in [1.29, 1.82) is 0 Å². The first kappa shape index (κ1) is 17.1. The number of alkyl halides is 2. The Balaban J connectivity index is 2.65. The van der Waals surface area contributed by atoms with Crippen LogP contribution in [0, 0.1) is 13.8 Å². The van der Waals surface area contributed by atoms with Gasteiger partial charge < -0.3 is 10.1 Å². The van der Waals surface area contributed by atoms with Crippen molar-refractivity contribution < 1.29 is 13.5 Å². The van der Waals surface area contributed by atoms with E-state index in [0.29, 0.717) is 13.0 Å². The third kappa shape index (κ3) is 5.97. The molecule has 1 unspecified atom stereocenters. The Kier molecular flexibility index (Phi) is 7.70. The van der Waals surface area contributed by atoms with Crippen LogP contribution in [0.2, 0.25) is 0 Å². The minimum Gasteiger partial charge on any atom is -0.375 e. The molecule has 0 aliphatic rings. The summed E-state index contributed by atoms with van der Waals surface area (Å²) in [6, 6.07) is 6.51. The lowest BCUT2D eigenvalue weighted by Gasteiger charge is -2.21. The molecule has 0 heterocycles. The average Bonchev–Trinajstić information content (AvgIpc) is 2.41. The Morgan fingerprint density at radius 1 is 1.25 bits per heavy atom. The molecule has 0 fully saturated rings. The number of aryl methyl sites for hydroxylation is 2. The van der Waals surface area contributed by atoms with Crippen molar-refractivity contribution in [1.82, 2.24) is 5.32 Å². The fraction of sp³-hybridized carbons (Fsp3) is 0.625. The van der Waals surface area contributed by atoms with Gasteiger partial charge in [0.05, 0.1) is 0 Å². The zero-order valence-electron chi connectivity index (χ0n) is 12.6. The number of hydrogen-bond acceptors (Lipinski definition) is 2. The molecule has 1 aromatic carbocycles. The first-order valence-corrected chi connectivity index (χ1v) is 7.21. The summed E-state index contributed by atoms with van der Waals surface area (Å²) in [5.74, 6) is 0. The fourth-order valence-electron chi connectivity index (χ4n) is 2.20. The van der Waals surface area contributed by atoms with Gasteiger partial charge in [0.25, 0.3) is 6.43 Å². The molecule has 0 spiro atoms. The highest BCUT2D eigenvalue weighted by molar-refractivity contribution is 5.33. The molecule has 1 N–H and O–H groups in total. The zero-order chi connectivity index (χ0) is 15.0. The second kappa shape index (κ2) is 9.03. The number of benzene rings is 1. The van der Waals surface area contributed by atoms with Crippen molar-refractivity contribution in [3.63, 3.8) is 0 Å². The van der Waals surface area contributed by atoms with Crippen LogP contribution in [0.25, 0.3) is 0 Å². The molecule has 0 aliphatic heterocycles. The van der Waals surface area contributed by atoms with Gasteiger partial charge in [0.1, 0.15) is 6.61 Å². The van der Waals surface area contributed by atoms with E-state index in [4.69, 9.17) is 4.74 Å². The van der Waals surface area contributed by atoms with Gasteiger partial charge in [-0.3, -0.25) is 0 Å². The van der Waals surface area contributed by atoms with Crippen molar-refractivity contribution in [2.24, 2.45) is 0 Å². The first-order chi connectivity index (χ1) is 9.54. The summed E-state index contributed by atoms with van der Waals surface area (Å²) in [6.07, 6.45) is -0.645. The molecule has 1 rings (SSSR count). The van der Waals surface area contributed by atoms with Gasteiger partial charge in [0, 0.05) is 12.6 Å². The smallest absolute Gasteiger partial charge is 0.261 e. The van der Waals surface area contributed by atoms with Gasteiger partial charge in [-0.15, -0.1) is 0 Å². The molecular formula is C16H25F2NO. The van der Waals surface area contributed by atoms with Crippen molar-refractivity contribution in [3.05, 3.63) is 34.9 Å². The van der Waals surface area contributed by atoms with Gasteiger partial charge in [0.2, 0.25) is 0 Å². The molecule has 0 saturated carbocycles. The highest BCUT2D eigenvalue weighted by Gasteiger charge is 2.13. The summed E-state index contributed by atoms with van der Waals surface area (Å²) < 4.78 is 29.1. The van der Waals surface area contributed by atoms with E-state index < -0.39 is 13.0 Å². The van der Waals surface area contributed by atoms with E-state index >= 15 is 0 Å². The van der Waals surface area contributed by atoms with Crippen LogP contribution in [0.5, 0.6) is 0 Å². The SMILES string of the molecule is CCCNC(CCOCC(F)F)c1cc(C)ccc1C. The standard InChI is InChI=1S/C16H25F2NO/c1-4-8-19-15(7-9-20-11-16(17)18)14-10-12(2)5-6-13(14)3/h5-6,10,15-16,19H,4,7-9,11H2,1-3H3. The largest absolute Gasteiger partial charge is 0.375 e. The van der Waals surface area contributed by atoms with E-state index in [9.17, 15) is 8.78 Å². The zero-order valence-corrected chi connectivity index (χ0v) is 12.6. The topological polar surface area (TPSA) is 21.3 Å². The summed E-state index contributed by atoms with van der Waals surface area (Å²) in [6.45, 7) is 7.03. The maximum Gasteiger partial charge on any atom is 0.261 e. The third-order valence-electron chi connectivity index (χ3n) is 3.25. The monoisotopic (exact) mass is 285 g/mol. The number of halogens is 2. The maximum absolute atomic E-state index is 12.1. The Bertz CT molecular complexity index is 396. The van der Waals surface area contributed by atoms with E-state index in [0.717, 1.165) is 13.0 Å². The van der Waals surface area contributed by atoms with Crippen molar-refractivity contribution in [3.8, 4) is 0 Å². The van der Waals surface area contributed by atoms with Gasteiger partial charge in [-0.25, -0.2) is 8.78 Å². The van der Waals surface area contributed by atoms with Gasteiger partial charge in [0.15, 0.2) is 0 Å². The van der Waals surface area contributed by atoms with Gasteiger partial charge >= 0.3 is 0 Å². The minimum atomic E-state index is -2.39. The second-order valence-corrected chi connectivity index (χ2v) is 5.12. The van der Waals surface area contributed by atoms with Crippen LogP contribution in [-0.2, 0) is 4.74 Å². The molecule has 114 valence electrons. The molecule has 0 bridgehead atoms. The molecular weight excluding hydrogens is 260 g/mol. The summed E-state index contributed by atoms with van der Waals surface area (Å²) in [5.41, 5.74) is 3.67. The van der Waals surface area contributed by atoms with Crippen LogP contribution in [-0.4, -0.2) is 26.2 Å². The van der Waals surface area contributed by atoms with E-state index in [2.05, 4.69) is 44.3 Å². The van der Waals surface area contributed by atoms with E-state index in [-0.39, 0.29) is 6.04 Å². The van der Waals surface area contributed by atoms with E-state index in [1.807, 2.05) is 0 Å². The van der Waals surface area contributed by atoms with Crippen LogP contribution >= 0.6 is 0 Å². The van der Waals surface area contributed by atoms with Crippen molar-refractivity contribution in [2.45, 2.75) is 46.1 Å².